The van der Waals surface area contributed by atoms with Crippen LogP contribution in [0.2, 0.25) is 0 Å². The summed E-state index contributed by atoms with van der Waals surface area (Å²) < 4.78 is 32.5. The van der Waals surface area contributed by atoms with Crippen molar-refractivity contribution in [1.82, 2.24) is 0 Å². The van der Waals surface area contributed by atoms with Gasteiger partial charge in [0.2, 0.25) is 0 Å². The van der Waals surface area contributed by atoms with Gasteiger partial charge in [0.05, 0.1) is 6.10 Å². The molecule has 4 aliphatic carbocycles. The first-order chi connectivity index (χ1) is 15.7. The molecule has 4 fully saturated rings. The Hall–Kier alpha value is -0.900. The molecule has 4 aliphatic rings. The molecule has 170 valence electrons. The van der Waals surface area contributed by atoms with E-state index in [1.807, 2.05) is 0 Å². The summed E-state index contributed by atoms with van der Waals surface area (Å²) in [5.74, 6) is -1.21. The summed E-state index contributed by atoms with van der Waals surface area (Å²) in [4.78, 5) is 25.4. The van der Waals surface area contributed by atoms with Crippen LogP contribution in [-0.4, -0.2) is 28.1 Å². The molecule has 0 aromatic carbocycles. The molecule has 0 spiro atoms. The van der Waals surface area contributed by atoms with Crippen molar-refractivity contribution in [2.24, 2.45) is 52.3 Å². The first-order valence-electron chi connectivity index (χ1n) is 14.2. The lowest BCUT2D eigenvalue weighted by Gasteiger charge is -2.62. The number of aliphatic hydroxyl groups is 1. The van der Waals surface area contributed by atoms with Crippen molar-refractivity contribution < 1.29 is 25.3 Å². The van der Waals surface area contributed by atoms with Crippen molar-refractivity contribution in [3.63, 3.8) is 0 Å². The van der Waals surface area contributed by atoms with Gasteiger partial charge in [0.1, 0.15) is 5.78 Å². The summed E-state index contributed by atoms with van der Waals surface area (Å²) >= 11 is 0. The van der Waals surface area contributed by atoms with Crippen LogP contribution in [0.25, 0.3) is 0 Å². The molecule has 0 bridgehead atoms. The molecule has 4 saturated carbocycles. The summed E-state index contributed by atoms with van der Waals surface area (Å²) in [7, 11) is 0. The van der Waals surface area contributed by atoms with E-state index in [4.69, 9.17) is 10.6 Å². The first-order valence-corrected chi connectivity index (χ1v) is 12.1. The molecule has 2 N–H and O–H groups in total. The number of hydrogen-bond acceptors (Lipinski definition) is 3. The van der Waals surface area contributed by atoms with Crippen LogP contribution in [-0.2, 0) is 9.59 Å². The standard InChI is InChI=1S/C26H42O4/c1-5-17-21-14-16(27)10-12-26(21,4)20-11-13-25(3)18(15(2)6-9-22(28)29)7-8-19(25)23(20)24(17)30/h15-21,23,27H,5-14H2,1-4H3,(H,28,29)/t15-,16-,17-,18-,19?,20?,21+,23?,25-,26-/m1/s1/i1D3,5D/t5?,15-,16-,17-,18-,19?,20?,21+,23?,25-,26-. The SMILES string of the molecule is [2H]C([C@H]1C(=O)C2C3CC[C@H]([C@H](C)CCC(=O)O)[C@@]3(C)CCC2[C@@]2(C)CC[C@@H](O)C[C@@H]12)C([2H])([2H])[2H]. The number of aliphatic hydroxyl groups excluding tert-OH is 1. The van der Waals surface area contributed by atoms with E-state index in [2.05, 4.69) is 20.8 Å². The second-order valence-corrected chi connectivity index (χ2v) is 11.5. The lowest BCUT2D eigenvalue weighted by atomic mass is 9.42. The zero-order chi connectivity index (χ0) is 25.2. The quantitative estimate of drug-likeness (QED) is 0.628. The predicted octanol–water partition coefficient (Wildman–Crippen LogP) is 5.32. The maximum absolute atomic E-state index is 14.2. The van der Waals surface area contributed by atoms with Gasteiger partial charge in [-0.3, -0.25) is 9.59 Å². The zero-order valence-electron chi connectivity index (χ0n) is 22.8. The van der Waals surface area contributed by atoms with Crippen LogP contribution in [0.5, 0.6) is 0 Å². The van der Waals surface area contributed by atoms with E-state index in [-0.39, 0.29) is 52.6 Å². The van der Waals surface area contributed by atoms with Gasteiger partial charge in [0.25, 0.3) is 0 Å². The molecule has 0 radical (unpaired) electrons. The highest BCUT2D eigenvalue weighted by Gasteiger charge is 2.65. The Balaban J connectivity index is 1.69. The fourth-order valence-corrected chi connectivity index (χ4v) is 8.78. The summed E-state index contributed by atoms with van der Waals surface area (Å²) in [6.07, 6.45) is 4.48. The van der Waals surface area contributed by atoms with E-state index in [9.17, 15) is 14.7 Å². The van der Waals surface area contributed by atoms with E-state index in [0.29, 0.717) is 25.2 Å². The van der Waals surface area contributed by atoms with Crippen LogP contribution in [0.3, 0.4) is 0 Å². The Morgan fingerprint density at radius 3 is 2.57 bits per heavy atom. The molecule has 4 rings (SSSR count). The molecule has 4 unspecified atom stereocenters. The maximum Gasteiger partial charge on any atom is 0.303 e. The van der Waals surface area contributed by atoms with Crippen molar-refractivity contribution in [3.05, 3.63) is 0 Å². The van der Waals surface area contributed by atoms with Crippen molar-refractivity contribution in [1.29, 1.82) is 0 Å². The first kappa shape index (κ1) is 17.6. The summed E-state index contributed by atoms with van der Waals surface area (Å²) in [5, 5.41) is 19.6. The fourth-order valence-electron chi connectivity index (χ4n) is 8.78. The predicted molar refractivity (Wildman–Crippen MR) is 117 cm³/mol. The lowest BCUT2D eigenvalue weighted by Crippen LogP contribution is -2.60. The van der Waals surface area contributed by atoms with Crippen LogP contribution in [0, 0.1) is 52.3 Å². The van der Waals surface area contributed by atoms with Gasteiger partial charge in [-0.25, -0.2) is 0 Å². The van der Waals surface area contributed by atoms with Crippen LogP contribution in [0.15, 0.2) is 0 Å². The molecule has 11 atom stereocenters. The zero-order valence-corrected chi connectivity index (χ0v) is 18.8. The highest BCUT2D eigenvalue weighted by Crippen LogP contribution is 2.68. The Morgan fingerprint density at radius 1 is 1.17 bits per heavy atom. The largest absolute Gasteiger partial charge is 0.481 e. The van der Waals surface area contributed by atoms with E-state index < -0.39 is 31.2 Å². The van der Waals surface area contributed by atoms with Crippen LogP contribution < -0.4 is 0 Å². The monoisotopic (exact) mass is 422 g/mol. The lowest BCUT2D eigenvalue weighted by molar-refractivity contribution is -0.173. The molecular weight excluding hydrogens is 376 g/mol. The van der Waals surface area contributed by atoms with Crippen molar-refractivity contribution in [2.75, 3.05) is 0 Å². The average molecular weight is 423 g/mol. The topological polar surface area (TPSA) is 74.6 Å². The third-order valence-corrected chi connectivity index (χ3v) is 10.4. The van der Waals surface area contributed by atoms with Gasteiger partial charge in [0, 0.05) is 23.7 Å². The molecule has 4 nitrogen and oxygen atoms in total. The van der Waals surface area contributed by atoms with Crippen molar-refractivity contribution >= 4 is 11.8 Å². The summed E-state index contributed by atoms with van der Waals surface area (Å²) in [5.41, 5.74) is -0.296. The number of aliphatic carboxylic acids is 1. The summed E-state index contributed by atoms with van der Waals surface area (Å²) in [6, 6.07) is 0. The van der Waals surface area contributed by atoms with Gasteiger partial charge in [-0.15, -0.1) is 0 Å². The van der Waals surface area contributed by atoms with E-state index in [1.54, 1.807) is 0 Å². The van der Waals surface area contributed by atoms with Gasteiger partial charge in [-0.1, -0.05) is 27.6 Å². The van der Waals surface area contributed by atoms with Gasteiger partial charge in [-0.05, 0) is 98.2 Å². The Bertz CT molecular complexity index is 815. The third-order valence-electron chi connectivity index (χ3n) is 10.4. The Labute approximate surface area is 187 Å². The molecular formula is C26H42O4. The normalized spacial score (nSPS) is 52.5. The number of Topliss-reactive ketones (excluding diaryl/α,β-unsaturated/α-hetero) is 1. The van der Waals surface area contributed by atoms with Crippen molar-refractivity contribution in [2.45, 2.75) is 97.9 Å². The number of carboxylic acid groups (broad SMARTS) is 1. The number of carbonyl (C=O) groups excluding carboxylic acids is 1. The second kappa shape index (κ2) is 7.90. The minimum absolute atomic E-state index is 0.0348. The number of hydrogen-bond donors (Lipinski definition) is 2. The number of ketones is 1. The highest BCUT2D eigenvalue weighted by molar-refractivity contribution is 5.86. The third kappa shape index (κ3) is 3.27. The number of rotatable bonds is 5. The van der Waals surface area contributed by atoms with Gasteiger partial charge in [0.15, 0.2) is 0 Å². The average Bonchev–Trinajstić information content (AvgIpc) is 3.09. The van der Waals surface area contributed by atoms with E-state index in [1.165, 1.54) is 0 Å². The number of carboxylic acids is 1. The van der Waals surface area contributed by atoms with Crippen molar-refractivity contribution in [3.8, 4) is 0 Å². The smallest absolute Gasteiger partial charge is 0.303 e. The highest BCUT2D eigenvalue weighted by atomic mass is 16.4. The number of fused-ring (bicyclic) bond motifs is 5. The van der Waals surface area contributed by atoms with E-state index >= 15 is 0 Å². The van der Waals surface area contributed by atoms with Gasteiger partial charge < -0.3 is 10.2 Å². The molecule has 0 saturated heterocycles. The summed E-state index contributed by atoms with van der Waals surface area (Å²) in [6.45, 7) is 4.11. The van der Waals surface area contributed by atoms with Crippen LogP contribution >= 0.6 is 0 Å². The molecule has 0 amide bonds. The fraction of sp³-hybridized carbons (Fsp3) is 0.923. The molecule has 0 heterocycles. The molecule has 4 heteroatoms. The van der Waals surface area contributed by atoms with Gasteiger partial charge in [-0.2, -0.15) is 0 Å². The Morgan fingerprint density at radius 2 is 1.87 bits per heavy atom. The van der Waals surface area contributed by atoms with Crippen LogP contribution in [0.1, 0.15) is 97.3 Å². The Kier molecular flexibility index (Phi) is 4.64. The van der Waals surface area contributed by atoms with E-state index in [0.717, 1.165) is 32.1 Å². The second-order valence-electron chi connectivity index (χ2n) is 11.5. The minimum Gasteiger partial charge on any atom is -0.481 e. The molecule has 0 aromatic rings. The molecule has 0 aliphatic heterocycles. The van der Waals surface area contributed by atoms with Gasteiger partial charge >= 0.3 is 5.97 Å². The number of carbonyl (C=O) groups is 2. The van der Waals surface area contributed by atoms with Crippen LogP contribution in [0.4, 0.5) is 0 Å². The maximum atomic E-state index is 14.2. The minimum atomic E-state index is -2.53. The molecule has 0 aromatic heterocycles. The molecule has 30 heavy (non-hydrogen) atoms.